The molecule has 0 saturated carbocycles. The fraction of sp³-hybridized carbons (Fsp3) is 0.625. The first kappa shape index (κ1) is 16.6. The number of likely N-dealkylation sites (tertiary alicyclic amines) is 1. The van der Waals surface area contributed by atoms with Crippen molar-refractivity contribution in [3.05, 3.63) is 29.2 Å². The molecule has 2 aromatic rings. The molecule has 0 spiro atoms. The second-order valence-electron chi connectivity index (χ2n) is 7.16. The highest BCUT2D eigenvalue weighted by Gasteiger charge is 2.40. The molecular formula is C16H23N5O3. The molecule has 1 N–H and O–H groups in total. The maximum atomic E-state index is 12.9. The zero-order chi connectivity index (χ0) is 17.5. The van der Waals surface area contributed by atoms with Crippen molar-refractivity contribution in [3.63, 3.8) is 0 Å². The van der Waals surface area contributed by atoms with Gasteiger partial charge < -0.3 is 14.2 Å². The molecule has 0 unspecified atom stereocenters. The van der Waals surface area contributed by atoms with Crippen LogP contribution in [0.4, 0.5) is 0 Å². The molecule has 1 aliphatic heterocycles. The van der Waals surface area contributed by atoms with Crippen molar-refractivity contribution in [1.29, 1.82) is 0 Å². The number of methoxy groups -OCH3 is 1. The maximum Gasteiger partial charge on any atom is 0.275 e. The molecule has 8 heteroatoms. The normalized spacial score (nSPS) is 21.5. The molecule has 2 atom stereocenters. The summed E-state index contributed by atoms with van der Waals surface area (Å²) in [4.78, 5) is 18.9. The Hall–Kier alpha value is -2.22. The molecule has 3 heterocycles. The first-order chi connectivity index (χ1) is 11.3. The maximum absolute atomic E-state index is 12.9. The standard InChI is InChI=1S/C16H23N5O3/c1-9-17-14(24-20-9)12-6-10(23-5)8-21(12)15(22)11-7-13(19-18-11)16(2,3)4/h7,10,12H,6,8H2,1-5H3,(H,18,19)/t10-,12-/m1/s1. The fourth-order valence-electron chi connectivity index (χ4n) is 2.84. The summed E-state index contributed by atoms with van der Waals surface area (Å²) in [5, 5.41) is 11.0. The number of nitrogens with zero attached hydrogens (tertiary/aromatic N) is 4. The minimum atomic E-state index is -0.293. The predicted molar refractivity (Wildman–Crippen MR) is 85.5 cm³/mol. The van der Waals surface area contributed by atoms with Crippen LogP contribution >= 0.6 is 0 Å². The number of amides is 1. The molecule has 0 bridgehead atoms. The zero-order valence-electron chi connectivity index (χ0n) is 14.7. The van der Waals surface area contributed by atoms with Gasteiger partial charge >= 0.3 is 0 Å². The molecule has 130 valence electrons. The van der Waals surface area contributed by atoms with Crippen molar-refractivity contribution in [2.75, 3.05) is 13.7 Å². The molecule has 1 aliphatic rings. The first-order valence-electron chi connectivity index (χ1n) is 7.99. The summed E-state index contributed by atoms with van der Waals surface area (Å²) < 4.78 is 10.7. The minimum Gasteiger partial charge on any atom is -0.380 e. The van der Waals surface area contributed by atoms with E-state index in [9.17, 15) is 4.79 Å². The van der Waals surface area contributed by atoms with E-state index in [1.54, 1.807) is 25.0 Å². The third-order valence-electron chi connectivity index (χ3n) is 4.29. The van der Waals surface area contributed by atoms with Gasteiger partial charge in [-0.25, -0.2) is 0 Å². The Labute approximate surface area is 140 Å². The summed E-state index contributed by atoms with van der Waals surface area (Å²) in [6.07, 6.45) is 0.563. The lowest BCUT2D eigenvalue weighted by Crippen LogP contribution is -2.32. The summed E-state index contributed by atoms with van der Waals surface area (Å²) in [6.45, 7) is 8.42. The van der Waals surface area contributed by atoms with E-state index in [1.165, 1.54) is 0 Å². The van der Waals surface area contributed by atoms with E-state index < -0.39 is 0 Å². The summed E-state index contributed by atoms with van der Waals surface area (Å²) in [6, 6.07) is 1.51. The first-order valence-corrected chi connectivity index (χ1v) is 7.99. The van der Waals surface area contributed by atoms with Gasteiger partial charge in [0.15, 0.2) is 5.82 Å². The largest absolute Gasteiger partial charge is 0.380 e. The van der Waals surface area contributed by atoms with Gasteiger partial charge in [0.25, 0.3) is 5.91 Å². The van der Waals surface area contributed by atoms with E-state index in [0.717, 1.165) is 5.69 Å². The van der Waals surface area contributed by atoms with E-state index in [1.807, 2.05) is 0 Å². The number of aryl methyl sites for hydroxylation is 1. The molecule has 3 rings (SSSR count). The smallest absolute Gasteiger partial charge is 0.275 e. The van der Waals surface area contributed by atoms with E-state index in [2.05, 4.69) is 41.1 Å². The Balaban J connectivity index is 1.87. The van der Waals surface area contributed by atoms with Gasteiger partial charge in [-0.05, 0) is 13.0 Å². The predicted octanol–water partition coefficient (Wildman–Crippen LogP) is 2.00. The minimum absolute atomic E-state index is 0.0628. The molecule has 0 aromatic carbocycles. The van der Waals surface area contributed by atoms with Crippen molar-refractivity contribution in [2.24, 2.45) is 0 Å². The van der Waals surface area contributed by atoms with Crippen LogP contribution in [0.1, 0.15) is 61.1 Å². The van der Waals surface area contributed by atoms with Crippen LogP contribution in [0.25, 0.3) is 0 Å². The lowest BCUT2D eigenvalue weighted by molar-refractivity contribution is 0.0665. The number of carbonyl (C=O) groups is 1. The Morgan fingerprint density at radius 3 is 2.75 bits per heavy atom. The van der Waals surface area contributed by atoms with Gasteiger partial charge in [0, 0.05) is 31.2 Å². The Morgan fingerprint density at radius 1 is 1.46 bits per heavy atom. The average Bonchev–Trinajstić information content (AvgIpc) is 3.24. The van der Waals surface area contributed by atoms with Gasteiger partial charge in [-0.15, -0.1) is 0 Å². The number of hydrogen-bond donors (Lipinski definition) is 1. The molecule has 8 nitrogen and oxygen atoms in total. The number of aromatic nitrogens is 4. The lowest BCUT2D eigenvalue weighted by Gasteiger charge is -2.20. The van der Waals surface area contributed by atoms with Crippen LogP contribution < -0.4 is 0 Å². The van der Waals surface area contributed by atoms with Crippen LogP contribution in [0.15, 0.2) is 10.6 Å². The van der Waals surface area contributed by atoms with Crippen molar-refractivity contribution < 1.29 is 14.1 Å². The van der Waals surface area contributed by atoms with Crippen LogP contribution in [0.2, 0.25) is 0 Å². The van der Waals surface area contributed by atoms with E-state index in [-0.39, 0.29) is 23.5 Å². The SMILES string of the molecule is CO[C@@H]1C[C@H](c2nc(C)no2)N(C(=O)c2cc(C(C)(C)C)[nH]n2)C1. The highest BCUT2D eigenvalue weighted by molar-refractivity contribution is 5.93. The van der Waals surface area contributed by atoms with Crippen molar-refractivity contribution in [1.82, 2.24) is 25.2 Å². The molecule has 24 heavy (non-hydrogen) atoms. The fourth-order valence-corrected chi connectivity index (χ4v) is 2.84. The summed E-state index contributed by atoms with van der Waals surface area (Å²) >= 11 is 0. The van der Waals surface area contributed by atoms with Crippen molar-refractivity contribution in [2.45, 2.75) is 51.7 Å². The van der Waals surface area contributed by atoms with Gasteiger partial charge in [-0.1, -0.05) is 25.9 Å². The number of carbonyl (C=O) groups excluding carboxylic acids is 1. The van der Waals surface area contributed by atoms with Crippen LogP contribution in [-0.4, -0.2) is 50.9 Å². The molecule has 2 aromatic heterocycles. The quantitative estimate of drug-likeness (QED) is 0.922. The van der Waals surface area contributed by atoms with Crippen LogP contribution in [0.5, 0.6) is 0 Å². The van der Waals surface area contributed by atoms with Crippen LogP contribution in [0.3, 0.4) is 0 Å². The van der Waals surface area contributed by atoms with Gasteiger partial charge in [-0.2, -0.15) is 10.1 Å². The molecule has 0 radical (unpaired) electrons. The molecule has 1 fully saturated rings. The number of hydrogen-bond acceptors (Lipinski definition) is 6. The van der Waals surface area contributed by atoms with Gasteiger partial charge in [0.2, 0.25) is 5.89 Å². The molecular weight excluding hydrogens is 310 g/mol. The third kappa shape index (κ3) is 3.06. The Bertz CT molecular complexity index is 730. The number of ether oxygens (including phenoxy) is 1. The highest BCUT2D eigenvalue weighted by Crippen LogP contribution is 2.33. The summed E-state index contributed by atoms with van der Waals surface area (Å²) in [5.41, 5.74) is 1.20. The van der Waals surface area contributed by atoms with Crippen LogP contribution in [-0.2, 0) is 10.2 Å². The highest BCUT2D eigenvalue weighted by atomic mass is 16.5. The van der Waals surface area contributed by atoms with Crippen molar-refractivity contribution in [3.8, 4) is 0 Å². The van der Waals surface area contributed by atoms with E-state index >= 15 is 0 Å². The molecule has 1 amide bonds. The van der Waals surface area contributed by atoms with Gasteiger partial charge in [0.1, 0.15) is 11.7 Å². The number of rotatable bonds is 3. The second-order valence-corrected chi connectivity index (χ2v) is 7.16. The third-order valence-corrected chi connectivity index (χ3v) is 4.29. The number of nitrogens with one attached hydrogen (secondary N) is 1. The summed E-state index contributed by atoms with van der Waals surface area (Å²) in [7, 11) is 1.64. The lowest BCUT2D eigenvalue weighted by atomic mass is 9.92. The Morgan fingerprint density at radius 2 is 2.21 bits per heavy atom. The van der Waals surface area contributed by atoms with Gasteiger partial charge in [-0.3, -0.25) is 9.89 Å². The Kier molecular flexibility index (Phi) is 4.16. The average molecular weight is 333 g/mol. The number of H-pyrrole nitrogens is 1. The van der Waals surface area contributed by atoms with E-state index in [4.69, 9.17) is 9.26 Å². The molecule has 1 saturated heterocycles. The monoisotopic (exact) mass is 333 g/mol. The zero-order valence-corrected chi connectivity index (χ0v) is 14.7. The summed E-state index contributed by atoms with van der Waals surface area (Å²) in [5.74, 6) is 0.821. The van der Waals surface area contributed by atoms with Crippen molar-refractivity contribution >= 4 is 5.91 Å². The van der Waals surface area contributed by atoms with E-state index in [0.29, 0.717) is 30.4 Å². The second kappa shape index (κ2) is 6.01. The molecule has 0 aliphatic carbocycles. The number of aromatic amines is 1. The van der Waals surface area contributed by atoms with Gasteiger partial charge in [0.05, 0.1) is 6.10 Å². The van der Waals surface area contributed by atoms with Crippen LogP contribution in [0, 0.1) is 6.92 Å². The topological polar surface area (TPSA) is 97.1 Å².